The van der Waals surface area contributed by atoms with E-state index in [2.05, 4.69) is 20.8 Å². The predicted octanol–water partition coefficient (Wildman–Crippen LogP) is 5.05. The lowest BCUT2D eigenvalue weighted by Crippen LogP contribution is -2.67. The molecule has 0 aromatic rings. The van der Waals surface area contributed by atoms with Crippen LogP contribution in [0.1, 0.15) is 86.0 Å². The topological polar surface area (TPSA) is 60.4 Å². The summed E-state index contributed by atoms with van der Waals surface area (Å²) in [5.41, 5.74) is 0.153. The van der Waals surface area contributed by atoms with Crippen molar-refractivity contribution in [3.63, 3.8) is 0 Å². The Morgan fingerprint density at radius 2 is 1.72 bits per heavy atom. The molecule has 4 aliphatic rings. The van der Waals surface area contributed by atoms with Crippen LogP contribution in [0.2, 0.25) is 0 Å². The summed E-state index contributed by atoms with van der Waals surface area (Å²) < 4.78 is 6.01. The Hall–Kier alpha value is -1.45. The Morgan fingerprint density at radius 1 is 1.00 bits per heavy atom. The summed E-state index contributed by atoms with van der Waals surface area (Å²) >= 11 is 0. The first-order valence-electron chi connectivity index (χ1n) is 11.5. The van der Waals surface area contributed by atoms with Crippen LogP contribution < -0.4 is 0 Å². The first-order chi connectivity index (χ1) is 13.6. The standard InChI is InChI=1S/C25H36O4/c1-15-6-9-22-20-8-7-18-14-19(28)10-12-23(18,4)21(20)11-13-24(22,5)25(15,16(2)26)29-17(3)27/h14-15,20-22H,6-13H2,1-5H3/t15-,20-,21+,22+,23+,24-,25+/m1/s1. The van der Waals surface area contributed by atoms with Crippen molar-refractivity contribution in [2.45, 2.75) is 91.6 Å². The number of ketones is 2. The number of rotatable bonds is 2. The van der Waals surface area contributed by atoms with Gasteiger partial charge in [-0.1, -0.05) is 26.3 Å². The van der Waals surface area contributed by atoms with Gasteiger partial charge in [0.2, 0.25) is 0 Å². The van der Waals surface area contributed by atoms with Gasteiger partial charge in [-0.15, -0.1) is 0 Å². The number of allylic oxidation sites excluding steroid dienone is 2. The van der Waals surface area contributed by atoms with Crippen LogP contribution in [0.15, 0.2) is 11.6 Å². The fraction of sp³-hybridized carbons (Fsp3) is 0.800. The third-order valence-electron chi connectivity index (χ3n) is 9.63. The summed E-state index contributed by atoms with van der Waals surface area (Å²) in [6.07, 6.45) is 9.61. The highest BCUT2D eigenvalue weighted by Crippen LogP contribution is 2.67. The Morgan fingerprint density at radius 3 is 2.38 bits per heavy atom. The molecule has 0 N–H and O–H groups in total. The molecule has 0 bridgehead atoms. The zero-order chi connectivity index (χ0) is 21.2. The van der Waals surface area contributed by atoms with E-state index < -0.39 is 5.60 Å². The van der Waals surface area contributed by atoms with E-state index in [9.17, 15) is 14.4 Å². The molecule has 0 aromatic heterocycles. The van der Waals surface area contributed by atoms with Crippen LogP contribution in [0.3, 0.4) is 0 Å². The van der Waals surface area contributed by atoms with Crippen LogP contribution in [0.5, 0.6) is 0 Å². The van der Waals surface area contributed by atoms with E-state index in [0.29, 0.717) is 24.2 Å². The molecule has 0 unspecified atom stereocenters. The van der Waals surface area contributed by atoms with E-state index in [1.807, 2.05) is 6.08 Å². The summed E-state index contributed by atoms with van der Waals surface area (Å²) in [7, 11) is 0. The number of Topliss-reactive ketones (excluding diaryl/α,β-unsaturated/α-hetero) is 1. The molecule has 4 nitrogen and oxygen atoms in total. The van der Waals surface area contributed by atoms with E-state index in [1.165, 1.54) is 12.5 Å². The molecule has 0 saturated heterocycles. The Bertz CT molecular complexity index is 782. The number of ether oxygens (including phenoxy) is 1. The third-order valence-corrected chi connectivity index (χ3v) is 9.63. The average Bonchev–Trinajstić information content (AvgIpc) is 2.64. The van der Waals surface area contributed by atoms with E-state index in [1.54, 1.807) is 6.92 Å². The SMILES string of the molecule is CC(=O)O[C@]1(C(C)=O)[C@H](C)CC[C@H]2[C@@H]3CCC4=CC(=O)CC[C@]4(C)[C@H]3CC[C@]21C. The second-order valence-corrected chi connectivity index (χ2v) is 10.8. The van der Waals surface area contributed by atoms with Crippen LogP contribution in [-0.4, -0.2) is 23.1 Å². The lowest BCUT2D eigenvalue weighted by atomic mass is 9.40. The fourth-order valence-electron chi connectivity index (χ4n) is 8.33. The zero-order valence-electron chi connectivity index (χ0n) is 18.7. The number of esters is 1. The highest BCUT2D eigenvalue weighted by molar-refractivity contribution is 5.91. The highest BCUT2D eigenvalue weighted by atomic mass is 16.6. The molecular formula is C25H36O4. The van der Waals surface area contributed by atoms with Crippen molar-refractivity contribution in [3.8, 4) is 0 Å². The van der Waals surface area contributed by atoms with Gasteiger partial charge in [0.25, 0.3) is 0 Å². The minimum Gasteiger partial charge on any atom is -0.450 e. The van der Waals surface area contributed by atoms with Gasteiger partial charge in [-0.3, -0.25) is 14.4 Å². The molecular weight excluding hydrogens is 364 g/mol. The maximum atomic E-state index is 13.1. The van der Waals surface area contributed by atoms with Gasteiger partial charge in [0.05, 0.1) is 0 Å². The molecule has 0 amide bonds. The normalized spacial score (nSPS) is 46.7. The van der Waals surface area contributed by atoms with Crippen molar-refractivity contribution in [1.82, 2.24) is 0 Å². The molecule has 4 rings (SSSR count). The van der Waals surface area contributed by atoms with Gasteiger partial charge in [-0.05, 0) is 81.1 Å². The van der Waals surface area contributed by atoms with Gasteiger partial charge < -0.3 is 4.74 Å². The van der Waals surface area contributed by atoms with Gasteiger partial charge >= 0.3 is 5.97 Å². The predicted molar refractivity (Wildman–Crippen MR) is 111 cm³/mol. The third kappa shape index (κ3) is 2.73. The first kappa shape index (κ1) is 20.8. The maximum absolute atomic E-state index is 13.1. The number of carbonyl (C=O) groups excluding carboxylic acids is 3. The molecule has 0 spiro atoms. The molecule has 4 aliphatic carbocycles. The maximum Gasteiger partial charge on any atom is 0.303 e. The van der Waals surface area contributed by atoms with Crippen LogP contribution in [-0.2, 0) is 19.1 Å². The number of hydrogen-bond donors (Lipinski definition) is 0. The molecule has 3 fully saturated rings. The van der Waals surface area contributed by atoms with Crippen LogP contribution >= 0.6 is 0 Å². The summed E-state index contributed by atoms with van der Waals surface area (Å²) in [6.45, 7) is 9.75. The van der Waals surface area contributed by atoms with E-state index >= 15 is 0 Å². The lowest BCUT2D eigenvalue weighted by Gasteiger charge is -2.65. The molecule has 29 heavy (non-hydrogen) atoms. The van der Waals surface area contributed by atoms with Gasteiger partial charge in [0.15, 0.2) is 17.2 Å². The van der Waals surface area contributed by atoms with Crippen molar-refractivity contribution in [3.05, 3.63) is 11.6 Å². The monoisotopic (exact) mass is 400 g/mol. The van der Waals surface area contributed by atoms with Crippen molar-refractivity contribution in [2.24, 2.45) is 34.5 Å². The van der Waals surface area contributed by atoms with E-state index in [-0.39, 0.29) is 34.3 Å². The second kappa shape index (κ2) is 6.78. The minimum absolute atomic E-state index is 0.0109. The molecule has 4 heteroatoms. The quantitative estimate of drug-likeness (QED) is 0.609. The van der Waals surface area contributed by atoms with Crippen LogP contribution in [0.4, 0.5) is 0 Å². The zero-order valence-corrected chi connectivity index (χ0v) is 18.7. The molecule has 3 saturated carbocycles. The lowest BCUT2D eigenvalue weighted by molar-refractivity contribution is -0.227. The van der Waals surface area contributed by atoms with Gasteiger partial charge in [0.1, 0.15) is 0 Å². The largest absolute Gasteiger partial charge is 0.450 e. The fourth-order valence-corrected chi connectivity index (χ4v) is 8.33. The van der Waals surface area contributed by atoms with Gasteiger partial charge in [0, 0.05) is 24.7 Å². The summed E-state index contributed by atoms with van der Waals surface area (Å²) in [4.78, 5) is 37.2. The summed E-state index contributed by atoms with van der Waals surface area (Å²) in [6, 6.07) is 0. The summed E-state index contributed by atoms with van der Waals surface area (Å²) in [5, 5.41) is 0. The molecule has 7 atom stereocenters. The Kier molecular flexibility index (Phi) is 4.87. The van der Waals surface area contributed by atoms with Gasteiger partial charge in [-0.2, -0.15) is 0 Å². The Labute approximate surface area is 174 Å². The minimum atomic E-state index is -1.01. The highest BCUT2D eigenvalue weighted by Gasteiger charge is 2.67. The number of hydrogen-bond acceptors (Lipinski definition) is 4. The van der Waals surface area contributed by atoms with Gasteiger partial charge in [-0.25, -0.2) is 0 Å². The molecule has 0 aromatic carbocycles. The van der Waals surface area contributed by atoms with E-state index in [4.69, 9.17) is 4.74 Å². The van der Waals surface area contributed by atoms with Crippen molar-refractivity contribution in [1.29, 1.82) is 0 Å². The molecule has 0 heterocycles. The van der Waals surface area contributed by atoms with Crippen molar-refractivity contribution >= 4 is 17.5 Å². The first-order valence-corrected chi connectivity index (χ1v) is 11.5. The van der Waals surface area contributed by atoms with Crippen molar-refractivity contribution < 1.29 is 19.1 Å². The van der Waals surface area contributed by atoms with Crippen LogP contribution in [0.25, 0.3) is 0 Å². The average molecular weight is 401 g/mol. The smallest absolute Gasteiger partial charge is 0.303 e. The van der Waals surface area contributed by atoms with Crippen molar-refractivity contribution in [2.75, 3.05) is 0 Å². The summed E-state index contributed by atoms with van der Waals surface area (Å²) in [5.74, 6) is 1.48. The van der Waals surface area contributed by atoms with Crippen LogP contribution in [0, 0.1) is 34.5 Å². The number of carbonyl (C=O) groups is 3. The molecule has 160 valence electrons. The Balaban J connectivity index is 1.75. The number of fused-ring (bicyclic) bond motifs is 5. The van der Waals surface area contributed by atoms with E-state index in [0.717, 1.165) is 44.9 Å². The second-order valence-electron chi connectivity index (χ2n) is 10.8. The molecule has 0 radical (unpaired) electrons. The molecule has 0 aliphatic heterocycles.